The van der Waals surface area contributed by atoms with Crippen LogP contribution in [0.5, 0.6) is 0 Å². The Bertz CT molecular complexity index is 1100. The van der Waals surface area contributed by atoms with Gasteiger partial charge in [-0.05, 0) is 49.1 Å². The number of aromatic nitrogens is 2. The number of carbonyl (C=O) groups is 1. The number of rotatable bonds is 8. The van der Waals surface area contributed by atoms with E-state index < -0.39 is 10.0 Å². The molecule has 2 aromatic carbocycles. The third-order valence-electron chi connectivity index (χ3n) is 4.09. The molecule has 0 aliphatic carbocycles. The van der Waals surface area contributed by atoms with Crippen LogP contribution in [0.3, 0.4) is 0 Å². The molecule has 0 radical (unpaired) electrons. The van der Waals surface area contributed by atoms with E-state index in [1.165, 1.54) is 12.1 Å². The molecule has 0 atom stereocenters. The van der Waals surface area contributed by atoms with Crippen molar-refractivity contribution in [2.45, 2.75) is 24.1 Å². The molecule has 0 bridgehead atoms. The average Bonchev–Trinajstić information content (AvgIpc) is 3.16. The number of hydrogen-bond donors (Lipinski definition) is 2. The maximum absolute atomic E-state index is 12.9. The summed E-state index contributed by atoms with van der Waals surface area (Å²) in [6.45, 7) is 2.00. The molecule has 29 heavy (non-hydrogen) atoms. The molecule has 1 amide bonds. The summed E-state index contributed by atoms with van der Waals surface area (Å²) in [5.74, 6) is -0.688. The first kappa shape index (κ1) is 21.0. The van der Waals surface area contributed by atoms with Gasteiger partial charge in [-0.15, -0.1) is 10.2 Å². The van der Waals surface area contributed by atoms with Gasteiger partial charge in [0, 0.05) is 12.1 Å². The number of benzene rings is 2. The van der Waals surface area contributed by atoms with Crippen molar-refractivity contribution >= 4 is 32.4 Å². The number of nitrogens with zero attached hydrogens (tertiary/aromatic N) is 2. The summed E-state index contributed by atoms with van der Waals surface area (Å²) >= 11 is 0.778. The number of anilines is 1. The third-order valence-corrected chi connectivity index (χ3v) is 6.76. The summed E-state index contributed by atoms with van der Waals surface area (Å²) in [7, 11) is -3.83. The van der Waals surface area contributed by atoms with Gasteiger partial charge in [-0.25, -0.2) is 17.5 Å². The lowest BCUT2D eigenvalue weighted by Gasteiger charge is -2.04. The highest BCUT2D eigenvalue weighted by Crippen LogP contribution is 2.21. The molecule has 0 saturated carbocycles. The fourth-order valence-corrected chi connectivity index (χ4v) is 4.58. The fourth-order valence-electron chi connectivity index (χ4n) is 2.57. The highest BCUT2D eigenvalue weighted by molar-refractivity contribution is 7.91. The van der Waals surface area contributed by atoms with E-state index in [2.05, 4.69) is 20.2 Å². The summed E-state index contributed by atoms with van der Waals surface area (Å²) in [5.41, 5.74) is 2.19. The van der Waals surface area contributed by atoms with Crippen molar-refractivity contribution in [2.24, 2.45) is 0 Å². The highest BCUT2D eigenvalue weighted by Gasteiger charge is 2.21. The lowest BCUT2D eigenvalue weighted by atomic mass is 10.1. The van der Waals surface area contributed by atoms with Crippen LogP contribution in [0.15, 0.2) is 52.9 Å². The van der Waals surface area contributed by atoms with Crippen LogP contribution in [0.4, 0.5) is 9.52 Å². The Hall–Kier alpha value is -2.69. The number of amides is 1. The normalized spacial score (nSPS) is 11.4. The van der Waals surface area contributed by atoms with Crippen molar-refractivity contribution in [3.63, 3.8) is 0 Å². The first-order valence-electron chi connectivity index (χ1n) is 8.80. The maximum Gasteiger partial charge on any atom is 0.269 e. The van der Waals surface area contributed by atoms with Gasteiger partial charge in [0.2, 0.25) is 9.47 Å². The molecule has 2 N–H and O–H groups in total. The van der Waals surface area contributed by atoms with E-state index >= 15 is 0 Å². The summed E-state index contributed by atoms with van der Waals surface area (Å²) in [4.78, 5) is 12.3. The second kappa shape index (κ2) is 9.21. The van der Waals surface area contributed by atoms with Crippen molar-refractivity contribution in [1.82, 2.24) is 14.9 Å². The summed E-state index contributed by atoms with van der Waals surface area (Å²) in [5, 5.41) is 10.1. The van der Waals surface area contributed by atoms with Crippen LogP contribution < -0.4 is 10.0 Å². The monoisotopic (exact) mass is 434 g/mol. The minimum atomic E-state index is -3.83. The van der Waals surface area contributed by atoms with Crippen LogP contribution in [0.2, 0.25) is 0 Å². The molecule has 0 fully saturated rings. The Morgan fingerprint density at radius 1 is 1.10 bits per heavy atom. The Kier molecular flexibility index (Phi) is 6.68. The molecular weight excluding hydrogens is 415 g/mol. The topological polar surface area (TPSA) is 101 Å². The molecule has 1 aromatic heterocycles. The second-order valence-corrected chi connectivity index (χ2v) is 9.19. The lowest BCUT2D eigenvalue weighted by Crippen LogP contribution is -2.25. The van der Waals surface area contributed by atoms with Crippen LogP contribution in [0, 0.1) is 12.7 Å². The standard InChI is InChI=1S/C19H19FN4O3S2/c1-13-5-2-3-7-16(13)17(25)22-18-23-24-19(28-18)29(26,27)21-12-4-6-14-8-10-15(20)11-9-14/h2-3,5,7-11,21H,4,6,12H2,1H3,(H,22,23,25). The van der Waals surface area contributed by atoms with Crippen molar-refractivity contribution in [1.29, 1.82) is 0 Å². The molecule has 0 unspecified atom stereocenters. The number of hydrogen-bond acceptors (Lipinski definition) is 6. The molecule has 0 saturated heterocycles. The van der Waals surface area contributed by atoms with Crippen molar-refractivity contribution < 1.29 is 17.6 Å². The van der Waals surface area contributed by atoms with Gasteiger partial charge in [0.15, 0.2) is 0 Å². The Morgan fingerprint density at radius 3 is 2.55 bits per heavy atom. The zero-order valence-electron chi connectivity index (χ0n) is 15.6. The summed E-state index contributed by atoms with van der Waals surface area (Å²) in [6, 6.07) is 13.1. The van der Waals surface area contributed by atoms with E-state index in [4.69, 9.17) is 0 Å². The van der Waals surface area contributed by atoms with Crippen LogP contribution in [0.25, 0.3) is 0 Å². The molecule has 7 nitrogen and oxygen atoms in total. The zero-order valence-corrected chi connectivity index (χ0v) is 17.2. The Balaban J connectivity index is 1.55. The van der Waals surface area contributed by atoms with Gasteiger partial charge in [-0.2, -0.15) is 0 Å². The van der Waals surface area contributed by atoms with Crippen LogP contribution >= 0.6 is 11.3 Å². The molecule has 0 spiro atoms. The van der Waals surface area contributed by atoms with Gasteiger partial charge in [0.05, 0.1) is 0 Å². The number of nitrogens with one attached hydrogen (secondary N) is 2. The number of sulfonamides is 1. The first-order valence-corrected chi connectivity index (χ1v) is 11.1. The van der Waals surface area contributed by atoms with E-state index in [-0.39, 0.29) is 27.7 Å². The first-order chi connectivity index (χ1) is 13.8. The number of aryl methyl sites for hydroxylation is 2. The number of carbonyl (C=O) groups excluding carboxylic acids is 1. The quantitative estimate of drug-likeness (QED) is 0.419. The van der Waals surface area contributed by atoms with Crippen LogP contribution in [-0.2, 0) is 16.4 Å². The minimum absolute atomic E-state index is 0.102. The van der Waals surface area contributed by atoms with Crippen LogP contribution in [-0.4, -0.2) is 31.1 Å². The molecule has 3 rings (SSSR count). The van der Waals surface area contributed by atoms with Crippen molar-refractivity contribution in [3.05, 3.63) is 71.0 Å². The predicted molar refractivity (Wildman–Crippen MR) is 109 cm³/mol. The summed E-state index contributed by atoms with van der Waals surface area (Å²) < 4.78 is 39.8. The minimum Gasteiger partial charge on any atom is -0.296 e. The fraction of sp³-hybridized carbons (Fsp3) is 0.211. The van der Waals surface area contributed by atoms with Crippen molar-refractivity contribution in [3.8, 4) is 0 Å². The molecule has 3 aromatic rings. The highest BCUT2D eigenvalue weighted by atomic mass is 32.2. The van der Waals surface area contributed by atoms with Gasteiger partial charge in [0.1, 0.15) is 5.82 Å². The molecule has 0 aliphatic rings. The molecule has 1 heterocycles. The number of halogens is 1. The second-order valence-electron chi connectivity index (χ2n) is 6.27. The smallest absolute Gasteiger partial charge is 0.269 e. The van der Waals surface area contributed by atoms with Crippen LogP contribution in [0.1, 0.15) is 27.9 Å². The predicted octanol–water partition coefficient (Wildman–Crippen LogP) is 3.15. The molecule has 0 aliphatic heterocycles. The van der Waals surface area contributed by atoms with Gasteiger partial charge in [-0.1, -0.05) is 41.7 Å². The van der Waals surface area contributed by atoms with E-state index in [1.807, 2.05) is 6.07 Å². The zero-order chi connectivity index (χ0) is 20.9. The van der Waals surface area contributed by atoms with Gasteiger partial charge in [-0.3, -0.25) is 10.1 Å². The van der Waals surface area contributed by atoms with E-state index in [1.54, 1.807) is 37.3 Å². The average molecular weight is 435 g/mol. The molecular formula is C19H19FN4O3S2. The largest absolute Gasteiger partial charge is 0.296 e. The van der Waals surface area contributed by atoms with Gasteiger partial charge >= 0.3 is 0 Å². The maximum atomic E-state index is 12.9. The molecule has 152 valence electrons. The van der Waals surface area contributed by atoms with E-state index in [0.29, 0.717) is 18.4 Å². The van der Waals surface area contributed by atoms with E-state index in [0.717, 1.165) is 22.5 Å². The summed E-state index contributed by atoms with van der Waals surface area (Å²) in [6.07, 6.45) is 1.15. The van der Waals surface area contributed by atoms with Crippen molar-refractivity contribution in [2.75, 3.05) is 11.9 Å². The Morgan fingerprint density at radius 2 is 1.83 bits per heavy atom. The molecule has 10 heteroatoms. The SMILES string of the molecule is Cc1ccccc1C(=O)Nc1nnc(S(=O)(=O)NCCCc2ccc(F)cc2)s1. The van der Waals surface area contributed by atoms with E-state index in [9.17, 15) is 17.6 Å². The lowest BCUT2D eigenvalue weighted by molar-refractivity contribution is 0.102. The Labute approximate surface area is 172 Å². The third kappa shape index (κ3) is 5.66. The van der Waals surface area contributed by atoms with Gasteiger partial charge in [0.25, 0.3) is 15.9 Å². The van der Waals surface area contributed by atoms with Gasteiger partial charge < -0.3 is 0 Å².